The summed E-state index contributed by atoms with van der Waals surface area (Å²) in [4.78, 5) is 23.9. The van der Waals surface area contributed by atoms with E-state index in [0.29, 0.717) is 6.42 Å². The molecule has 1 aliphatic heterocycles. The van der Waals surface area contributed by atoms with E-state index in [9.17, 15) is 9.59 Å². The van der Waals surface area contributed by atoms with Crippen molar-refractivity contribution in [1.82, 2.24) is 0 Å². The van der Waals surface area contributed by atoms with Crippen molar-refractivity contribution in [2.75, 3.05) is 14.2 Å². The lowest BCUT2D eigenvalue weighted by molar-refractivity contribution is -0.161. The summed E-state index contributed by atoms with van der Waals surface area (Å²) in [5.41, 5.74) is -2.29. The van der Waals surface area contributed by atoms with Gasteiger partial charge in [-0.1, -0.05) is 0 Å². The van der Waals surface area contributed by atoms with Crippen LogP contribution in [0.3, 0.4) is 0 Å². The molecule has 112 valence electrons. The van der Waals surface area contributed by atoms with Crippen molar-refractivity contribution in [3.05, 3.63) is 0 Å². The highest BCUT2D eigenvalue weighted by atomic mass is 16.7. The number of carbonyl (C=O) groups is 2. The van der Waals surface area contributed by atoms with Crippen LogP contribution in [0.2, 0.25) is 5.82 Å². The number of hydrogen-bond acceptors (Lipinski definition) is 6. The third-order valence-corrected chi connectivity index (χ3v) is 4.71. The molecule has 0 aromatic heterocycles. The van der Waals surface area contributed by atoms with Crippen LogP contribution in [0.15, 0.2) is 0 Å². The topological polar surface area (TPSA) is 71.1 Å². The molecule has 1 aliphatic carbocycles. The molecule has 0 unspecified atom stereocenters. The second-order valence-corrected chi connectivity index (χ2v) is 6.39. The molecule has 0 aromatic rings. The molecule has 0 N–H and O–H groups in total. The molecule has 0 aromatic carbocycles. The van der Waals surface area contributed by atoms with Crippen LogP contribution in [0.25, 0.3) is 0 Å². The third kappa shape index (κ3) is 1.95. The van der Waals surface area contributed by atoms with Crippen LogP contribution < -0.4 is 0 Å². The zero-order chi connectivity index (χ0) is 15.3. The van der Waals surface area contributed by atoms with Gasteiger partial charge in [0, 0.05) is 5.82 Å². The number of hydrogen-bond donors (Lipinski definition) is 0. The molecule has 6 nitrogen and oxygen atoms in total. The SMILES string of the molecule is COC(=O)C1(C(=O)OC)C[C@H]1B1OC(C)(C)C(C)(C)O1. The fourth-order valence-corrected chi connectivity index (χ4v) is 2.59. The summed E-state index contributed by atoms with van der Waals surface area (Å²) >= 11 is 0. The largest absolute Gasteiger partial charge is 0.468 e. The van der Waals surface area contributed by atoms with Gasteiger partial charge in [0.15, 0.2) is 5.41 Å². The van der Waals surface area contributed by atoms with Crippen LogP contribution in [0, 0.1) is 5.41 Å². The molecule has 0 spiro atoms. The first kappa shape index (κ1) is 15.3. The first-order valence-electron chi connectivity index (χ1n) is 6.65. The van der Waals surface area contributed by atoms with Gasteiger partial charge in [0.25, 0.3) is 0 Å². The van der Waals surface area contributed by atoms with Gasteiger partial charge in [-0.15, -0.1) is 0 Å². The standard InChI is InChI=1S/C13H21BO6/c1-11(2)12(3,4)20-14(19-11)8-7-13(8,9(15)17-5)10(16)18-6/h8H,7H2,1-6H3/t8-/m1/s1. The van der Waals surface area contributed by atoms with Crippen molar-refractivity contribution in [3.8, 4) is 0 Å². The predicted molar refractivity (Wildman–Crippen MR) is 70.9 cm³/mol. The predicted octanol–water partition coefficient (Wildman–Crippen LogP) is 1.18. The van der Waals surface area contributed by atoms with Crippen LogP contribution in [-0.4, -0.2) is 44.5 Å². The second kappa shape index (κ2) is 4.46. The van der Waals surface area contributed by atoms with Crippen LogP contribution in [-0.2, 0) is 28.4 Å². The molecule has 1 saturated carbocycles. The number of methoxy groups -OCH3 is 2. The second-order valence-electron chi connectivity index (χ2n) is 6.39. The van der Waals surface area contributed by atoms with Crippen molar-refractivity contribution < 1.29 is 28.4 Å². The highest BCUT2D eigenvalue weighted by Crippen LogP contribution is 2.63. The van der Waals surface area contributed by atoms with Gasteiger partial charge in [-0.3, -0.25) is 9.59 Å². The monoisotopic (exact) mass is 284 g/mol. The molecule has 1 heterocycles. The minimum atomic E-state index is -1.29. The smallest absolute Gasteiger partial charge is 0.462 e. The summed E-state index contributed by atoms with van der Waals surface area (Å²) in [7, 11) is 1.90. The summed E-state index contributed by atoms with van der Waals surface area (Å²) in [6.45, 7) is 7.70. The molecule has 2 fully saturated rings. The van der Waals surface area contributed by atoms with Gasteiger partial charge >= 0.3 is 19.1 Å². The molecular formula is C13H21BO6. The number of rotatable bonds is 3. The Bertz CT molecular complexity index is 412. The first-order chi connectivity index (χ1) is 9.12. The lowest BCUT2D eigenvalue weighted by atomic mass is 9.76. The number of carbonyl (C=O) groups excluding carboxylic acids is 2. The Labute approximate surface area is 119 Å². The maximum absolute atomic E-state index is 12.0. The Morgan fingerprint density at radius 2 is 1.40 bits per heavy atom. The maximum atomic E-state index is 12.0. The Hall–Kier alpha value is -1.08. The van der Waals surface area contributed by atoms with Crippen LogP contribution in [0.4, 0.5) is 0 Å². The fourth-order valence-electron chi connectivity index (χ4n) is 2.59. The van der Waals surface area contributed by atoms with Gasteiger partial charge in [-0.05, 0) is 34.1 Å². The van der Waals surface area contributed by atoms with Crippen molar-refractivity contribution in [3.63, 3.8) is 0 Å². The molecular weight excluding hydrogens is 263 g/mol. The zero-order valence-electron chi connectivity index (χ0n) is 12.8. The van der Waals surface area contributed by atoms with E-state index in [1.807, 2.05) is 27.7 Å². The molecule has 20 heavy (non-hydrogen) atoms. The maximum Gasteiger partial charge on any atom is 0.462 e. The Kier molecular flexibility index (Phi) is 3.42. The Morgan fingerprint density at radius 1 is 1.00 bits per heavy atom. The van der Waals surface area contributed by atoms with E-state index in [2.05, 4.69) is 0 Å². The minimum Gasteiger partial charge on any atom is -0.468 e. The number of ether oxygens (including phenoxy) is 2. The summed E-state index contributed by atoms with van der Waals surface area (Å²) < 4.78 is 21.3. The van der Waals surface area contributed by atoms with E-state index >= 15 is 0 Å². The molecule has 7 heteroatoms. The van der Waals surface area contributed by atoms with Crippen LogP contribution in [0.1, 0.15) is 34.1 Å². The summed E-state index contributed by atoms with van der Waals surface area (Å²) in [5.74, 6) is -1.56. The third-order valence-electron chi connectivity index (χ3n) is 4.71. The van der Waals surface area contributed by atoms with Crippen molar-refractivity contribution >= 4 is 19.1 Å². The van der Waals surface area contributed by atoms with Gasteiger partial charge in [-0.2, -0.15) is 0 Å². The Balaban J connectivity index is 2.21. The average Bonchev–Trinajstić information content (AvgIpc) is 3.07. The lowest BCUT2D eigenvalue weighted by Crippen LogP contribution is -2.41. The average molecular weight is 284 g/mol. The molecule has 0 amide bonds. The molecule has 0 bridgehead atoms. The van der Waals surface area contributed by atoms with E-state index in [-0.39, 0.29) is 5.82 Å². The fraction of sp³-hybridized carbons (Fsp3) is 0.846. The summed E-state index contributed by atoms with van der Waals surface area (Å²) in [6.07, 6.45) is 0.323. The summed E-state index contributed by atoms with van der Waals surface area (Å²) in [5, 5.41) is 0. The summed E-state index contributed by atoms with van der Waals surface area (Å²) in [6, 6.07) is 0. The van der Waals surface area contributed by atoms with E-state index in [1.165, 1.54) is 14.2 Å². The van der Waals surface area contributed by atoms with E-state index < -0.39 is 35.7 Å². The molecule has 0 radical (unpaired) electrons. The molecule has 2 rings (SSSR count). The van der Waals surface area contributed by atoms with E-state index in [0.717, 1.165) is 0 Å². The van der Waals surface area contributed by atoms with Gasteiger partial charge in [0.05, 0.1) is 25.4 Å². The molecule has 2 aliphatic rings. The highest BCUT2D eigenvalue weighted by Gasteiger charge is 2.75. The molecule has 1 atom stereocenters. The number of esters is 2. The van der Waals surface area contributed by atoms with E-state index in [1.54, 1.807) is 0 Å². The van der Waals surface area contributed by atoms with Crippen molar-refractivity contribution in [2.45, 2.75) is 51.1 Å². The van der Waals surface area contributed by atoms with Gasteiger partial charge in [0.1, 0.15) is 0 Å². The first-order valence-corrected chi connectivity index (χ1v) is 6.65. The van der Waals surface area contributed by atoms with Crippen molar-refractivity contribution in [1.29, 1.82) is 0 Å². The normalized spacial score (nSPS) is 28.9. The minimum absolute atomic E-state index is 0.323. The quantitative estimate of drug-likeness (QED) is 0.440. The lowest BCUT2D eigenvalue weighted by Gasteiger charge is -2.32. The van der Waals surface area contributed by atoms with Gasteiger partial charge in [-0.25, -0.2) is 0 Å². The van der Waals surface area contributed by atoms with Gasteiger partial charge < -0.3 is 18.8 Å². The van der Waals surface area contributed by atoms with Crippen molar-refractivity contribution in [2.24, 2.45) is 5.41 Å². The van der Waals surface area contributed by atoms with E-state index in [4.69, 9.17) is 18.8 Å². The zero-order valence-corrected chi connectivity index (χ0v) is 12.8. The molecule has 1 saturated heterocycles. The van der Waals surface area contributed by atoms with Crippen LogP contribution in [0.5, 0.6) is 0 Å². The van der Waals surface area contributed by atoms with Gasteiger partial charge in [0.2, 0.25) is 0 Å². The highest BCUT2D eigenvalue weighted by molar-refractivity contribution is 6.51. The Morgan fingerprint density at radius 3 is 1.75 bits per heavy atom. The van der Waals surface area contributed by atoms with Crippen LogP contribution >= 0.6 is 0 Å².